The highest BCUT2D eigenvalue weighted by Crippen LogP contribution is 2.00. The summed E-state index contributed by atoms with van der Waals surface area (Å²) in [6, 6.07) is -0.661. The summed E-state index contributed by atoms with van der Waals surface area (Å²) in [6.07, 6.45) is 0. The molecule has 0 aromatic heterocycles. The summed E-state index contributed by atoms with van der Waals surface area (Å²) in [7, 11) is 1.29. The van der Waals surface area contributed by atoms with E-state index < -0.39 is 30.4 Å². The van der Waals surface area contributed by atoms with E-state index in [1.54, 1.807) is 0 Å². The fourth-order valence-electron chi connectivity index (χ4n) is 1.28. The number of nitrogens with one attached hydrogen (secondary N) is 1. The van der Waals surface area contributed by atoms with E-state index in [0.717, 1.165) is 9.80 Å². The number of hydrogen-bond acceptors (Lipinski definition) is 4. The Bertz CT molecular complexity index is 338. The van der Waals surface area contributed by atoms with Crippen LogP contribution in [0.2, 0.25) is 0 Å². The zero-order valence-electron chi connectivity index (χ0n) is 8.60. The lowest BCUT2D eigenvalue weighted by Gasteiger charge is -2.29. The zero-order valence-corrected chi connectivity index (χ0v) is 8.60. The van der Waals surface area contributed by atoms with Gasteiger partial charge in [-0.3, -0.25) is 19.7 Å². The van der Waals surface area contributed by atoms with Crippen LogP contribution in [0.15, 0.2) is 0 Å². The molecule has 1 heterocycles. The molecular formula is C8H11N3O5. The van der Waals surface area contributed by atoms with Crippen molar-refractivity contribution in [2.45, 2.75) is 0 Å². The first kappa shape index (κ1) is 12.0. The molecule has 0 saturated carbocycles. The maximum atomic E-state index is 11.6. The number of piperazine rings is 1. The molecule has 1 rings (SSSR count). The van der Waals surface area contributed by atoms with Gasteiger partial charge in [-0.1, -0.05) is 0 Å². The molecule has 0 aromatic rings. The lowest BCUT2D eigenvalue weighted by molar-refractivity contribution is -0.137. The molecule has 1 saturated heterocycles. The number of amides is 4. The van der Waals surface area contributed by atoms with E-state index in [9.17, 15) is 19.2 Å². The lowest BCUT2D eigenvalue weighted by Crippen LogP contribution is -2.56. The number of aliphatic carboxylic acids is 1. The summed E-state index contributed by atoms with van der Waals surface area (Å²) in [5, 5.41) is 10.5. The molecule has 1 aliphatic heterocycles. The number of rotatable bonds is 2. The van der Waals surface area contributed by atoms with Crippen LogP contribution >= 0.6 is 0 Å². The molecule has 0 atom stereocenters. The van der Waals surface area contributed by atoms with Crippen LogP contribution in [0.4, 0.5) is 4.79 Å². The fourth-order valence-corrected chi connectivity index (χ4v) is 1.28. The van der Waals surface area contributed by atoms with Crippen LogP contribution in [0.3, 0.4) is 0 Å². The third kappa shape index (κ3) is 2.94. The first-order valence-corrected chi connectivity index (χ1v) is 4.44. The smallest absolute Gasteiger partial charge is 0.323 e. The van der Waals surface area contributed by atoms with Crippen molar-refractivity contribution in [1.82, 2.24) is 15.1 Å². The van der Waals surface area contributed by atoms with E-state index in [0.29, 0.717) is 0 Å². The Balaban J connectivity index is 2.62. The van der Waals surface area contributed by atoms with Gasteiger partial charge >= 0.3 is 12.0 Å². The molecule has 88 valence electrons. The Labute approximate surface area is 90.8 Å². The molecule has 4 amide bonds. The highest BCUT2D eigenvalue weighted by atomic mass is 16.4. The molecule has 0 aliphatic carbocycles. The summed E-state index contributed by atoms with van der Waals surface area (Å²) in [6.45, 7) is -0.964. The molecule has 0 aromatic carbocycles. The maximum Gasteiger partial charge on any atom is 0.323 e. The number of imide groups is 1. The van der Waals surface area contributed by atoms with Crippen LogP contribution in [-0.2, 0) is 14.4 Å². The monoisotopic (exact) mass is 229 g/mol. The van der Waals surface area contributed by atoms with Gasteiger partial charge in [0.1, 0.15) is 19.6 Å². The topological polar surface area (TPSA) is 107 Å². The van der Waals surface area contributed by atoms with E-state index in [2.05, 4.69) is 0 Å². The molecular weight excluding hydrogens is 218 g/mol. The van der Waals surface area contributed by atoms with E-state index >= 15 is 0 Å². The van der Waals surface area contributed by atoms with Crippen molar-refractivity contribution in [2.75, 3.05) is 26.7 Å². The van der Waals surface area contributed by atoms with Gasteiger partial charge < -0.3 is 14.9 Å². The number of nitrogens with zero attached hydrogens (tertiary/aromatic N) is 2. The Morgan fingerprint density at radius 3 is 2.31 bits per heavy atom. The van der Waals surface area contributed by atoms with Crippen LogP contribution in [0.5, 0.6) is 0 Å². The second-order valence-electron chi connectivity index (χ2n) is 3.36. The second kappa shape index (κ2) is 4.60. The Hall–Kier alpha value is -2.12. The minimum absolute atomic E-state index is 0.242. The molecule has 8 nitrogen and oxygen atoms in total. The van der Waals surface area contributed by atoms with Gasteiger partial charge in [0.2, 0.25) is 11.8 Å². The summed E-state index contributed by atoms with van der Waals surface area (Å²) in [5.41, 5.74) is 0. The minimum Gasteiger partial charge on any atom is -0.480 e. The van der Waals surface area contributed by atoms with Gasteiger partial charge in [-0.15, -0.1) is 0 Å². The molecule has 2 N–H and O–H groups in total. The predicted molar refractivity (Wildman–Crippen MR) is 50.4 cm³/mol. The lowest BCUT2D eigenvalue weighted by atomic mass is 10.3. The van der Waals surface area contributed by atoms with Crippen molar-refractivity contribution < 1.29 is 24.3 Å². The van der Waals surface area contributed by atoms with Crippen LogP contribution in [-0.4, -0.2) is 65.4 Å². The normalized spacial score (nSPS) is 15.7. The molecule has 1 fully saturated rings. The van der Waals surface area contributed by atoms with Crippen LogP contribution in [0.25, 0.3) is 0 Å². The Kier molecular flexibility index (Phi) is 3.44. The van der Waals surface area contributed by atoms with Crippen molar-refractivity contribution in [3.8, 4) is 0 Å². The summed E-state index contributed by atoms with van der Waals surface area (Å²) >= 11 is 0. The van der Waals surface area contributed by atoms with Crippen LogP contribution < -0.4 is 5.32 Å². The Morgan fingerprint density at radius 2 is 1.88 bits per heavy atom. The molecule has 8 heteroatoms. The van der Waals surface area contributed by atoms with Crippen molar-refractivity contribution in [2.24, 2.45) is 0 Å². The second-order valence-corrected chi connectivity index (χ2v) is 3.36. The first-order chi connectivity index (χ1) is 7.40. The zero-order chi connectivity index (χ0) is 12.3. The number of likely N-dealkylation sites (N-methyl/N-ethyl adjacent to an activating group) is 1. The molecule has 0 bridgehead atoms. The maximum absolute atomic E-state index is 11.6. The molecule has 0 radical (unpaired) electrons. The van der Waals surface area contributed by atoms with Gasteiger partial charge in [0, 0.05) is 7.05 Å². The molecule has 1 aliphatic rings. The van der Waals surface area contributed by atoms with Gasteiger partial charge in [-0.05, 0) is 0 Å². The van der Waals surface area contributed by atoms with E-state index in [1.807, 2.05) is 5.32 Å². The van der Waals surface area contributed by atoms with Gasteiger partial charge in [-0.2, -0.15) is 0 Å². The molecule has 16 heavy (non-hydrogen) atoms. The fraction of sp³-hybridized carbons (Fsp3) is 0.500. The van der Waals surface area contributed by atoms with Gasteiger partial charge in [0.25, 0.3) is 0 Å². The highest BCUT2D eigenvalue weighted by Gasteiger charge is 2.28. The average Bonchev–Trinajstić information content (AvgIpc) is 2.13. The number of carboxylic acids is 1. The van der Waals surface area contributed by atoms with Crippen molar-refractivity contribution >= 4 is 23.8 Å². The largest absolute Gasteiger partial charge is 0.480 e. The van der Waals surface area contributed by atoms with Gasteiger partial charge in [-0.25, -0.2) is 4.79 Å². The van der Waals surface area contributed by atoms with Crippen molar-refractivity contribution in [3.63, 3.8) is 0 Å². The van der Waals surface area contributed by atoms with Crippen LogP contribution in [0, 0.1) is 0 Å². The summed E-state index contributed by atoms with van der Waals surface area (Å²) < 4.78 is 0. The number of carbonyl (C=O) groups is 4. The Morgan fingerprint density at radius 1 is 1.38 bits per heavy atom. The SMILES string of the molecule is CN(CC(=O)O)C(=O)N1CC(=O)NC(=O)C1. The minimum atomic E-state index is -1.16. The number of carbonyl (C=O) groups excluding carboxylic acids is 3. The number of urea groups is 1. The van der Waals surface area contributed by atoms with Gasteiger partial charge in [0.15, 0.2) is 0 Å². The molecule has 0 unspecified atom stereocenters. The number of carboxylic acid groups (broad SMARTS) is 1. The highest BCUT2D eigenvalue weighted by molar-refractivity contribution is 6.02. The summed E-state index contributed by atoms with van der Waals surface area (Å²) in [5.74, 6) is -2.31. The van der Waals surface area contributed by atoms with Crippen LogP contribution in [0.1, 0.15) is 0 Å². The van der Waals surface area contributed by atoms with Crippen molar-refractivity contribution in [1.29, 1.82) is 0 Å². The van der Waals surface area contributed by atoms with E-state index in [-0.39, 0.29) is 13.1 Å². The summed E-state index contributed by atoms with van der Waals surface area (Å²) in [4.78, 5) is 45.8. The standard InChI is InChI=1S/C8H11N3O5/c1-10(4-7(14)15)8(16)11-2-5(12)9-6(13)3-11/h2-4H2,1H3,(H,14,15)(H,9,12,13). The first-order valence-electron chi connectivity index (χ1n) is 4.44. The van der Waals surface area contributed by atoms with Crippen molar-refractivity contribution in [3.05, 3.63) is 0 Å². The van der Waals surface area contributed by atoms with E-state index in [4.69, 9.17) is 5.11 Å². The average molecular weight is 229 g/mol. The third-order valence-corrected chi connectivity index (χ3v) is 1.92. The predicted octanol–water partition coefficient (Wildman–Crippen LogP) is -1.92. The van der Waals surface area contributed by atoms with Gasteiger partial charge in [0.05, 0.1) is 0 Å². The third-order valence-electron chi connectivity index (χ3n) is 1.92. The molecule has 0 spiro atoms. The number of hydrogen-bond donors (Lipinski definition) is 2. The quantitative estimate of drug-likeness (QED) is 0.537. The van der Waals surface area contributed by atoms with E-state index in [1.165, 1.54) is 7.05 Å².